The summed E-state index contributed by atoms with van der Waals surface area (Å²) in [6.45, 7) is 6.86. The van der Waals surface area contributed by atoms with Crippen molar-refractivity contribution in [2.24, 2.45) is 0 Å². The topological polar surface area (TPSA) is 63.2 Å². The molecule has 2 heterocycles. The fourth-order valence-electron chi connectivity index (χ4n) is 2.42. The van der Waals surface area contributed by atoms with Crippen LogP contribution in [0.3, 0.4) is 0 Å². The largest absolute Gasteiger partial charge is 0.469 e. The Morgan fingerprint density at radius 2 is 2.29 bits per heavy atom. The Bertz CT molecular complexity index is 560. The van der Waals surface area contributed by atoms with Crippen LogP contribution in [-0.2, 0) is 6.54 Å². The molecule has 5 heteroatoms. The lowest BCUT2D eigenvalue weighted by atomic mass is 10.1. The average Bonchev–Trinajstić information content (AvgIpc) is 3.04. The highest BCUT2D eigenvalue weighted by atomic mass is 16.3. The first kappa shape index (κ1) is 15.6. The first-order valence-corrected chi connectivity index (χ1v) is 7.65. The van der Waals surface area contributed by atoms with Gasteiger partial charge in [0.25, 0.3) is 0 Å². The van der Waals surface area contributed by atoms with Gasteiger partial charge in [-0.15, -0.1) is 0 Å². The molecule has 1 atom stereocenters. The number of unbranched alkanes of at least 4 members (excludes halogenated alkanes) is 1. The number of aryl methyl sites for hydroxylation is 1. The van der Waals surface area contributed by atoms with Crippen molar-refractivity contribution in [2.45, 2.75) is 52.6 Å². The lowest BCUT2D eigenvalue weighted by Crippen LogP contribution is -2.18. The fraction of sp³-hybridized carbons (Fsp3) is 0.562. The number of nitrogens with zero attached hydrogens (tertiary/aromatic N) is 2. The Kier molecular flexibility index (Phi) is 5.44. The monoisotopic (exact) mass is 291 g/mol. The third kappa shape index (κ3) is 3.88. The van der Waals surface area contributed by atoms with E-state index in [-0.39, 0.29) is 6.61 Å². The van der Waals surface area contributed by atoms with E-state index in [1.54, 1.807) is 6.26 Å². The highest BCUT2D eigenvalue weighted by Gasteiger charge is 2.14. The van der Waals surface area contributed by atoms with Gasteiger partial charge in [0.1, 0.15) is 11.6 Å². The molecule has 0 aliphatic rings. The molecule has 0 aromatic carbocycles. The number of aromatic nitrogens is 2. The minimum Gasteiger partial charge on any atom is -0.469 e. The summed E-state index contributed by atoms with van der Waals surface area (Å²) in [6.07, 6.45) is 5.20. The van der Waals surface area contributed by atoms with Gasteiger partial charge in [0, 0.05) is 17.7 Å². The molecule has 0 amide bonds. The van der Waals surface area contributed by atoms with Gasteiger partial charge < -0.3 is 14.8 Å². The van der Waals surface area contributed by atoms with Crippen LogP contribution in [-0.4, -0.2) is 27.5 Å². The van der Waals surface area contributed by atoms with Crippen LogP contribution in [0.15, 0.2) is 22.8 Å². The first-order valence-electron chi connectivity index (χ1n) is 7.65. The van der Waals surface area contributed by atoms with Gasteiger partial charge in [-0.05, 0) is 26.3 Å². The molecule has 0 spiro atoms. The molecule has 0 bridgehead atoms. The number of nitrogens with one attached hydrogen (secondary N) is 1. The maximum atomic E-state index is 9.21. The Morgan fingerprint density at radius 1 is 1.48 bits per heavy atom. The Hall–Kier alpha value is -1.75. The van der Waals surface area contributed by atoms with E-state index in [0.29, 0.717) is 12.6 Å². The van der Waals surface area contributed by atoms with E-state index >= 15 is 0 Å². The van der Waals surface area contributed by atoms with Gasteiger partial charge >= 0.3 is 0 Å². The third-order valence-electron chi connectivity index (χ3n) is 3.61. The van der Waals surface area contributed by atoms with Crippen LogP contribution in [0.4, 0.5) is 5.82 Å². The fourth-order valence-corrected chi connectivity index (χ4v) is 2.42. The summed E-state index contributed by atoms with van der Waals surface area (Å²) in [7, 11) is 0. The summed E-state index contributed by atoms with van der Waals surface area (Å²) in [6, 6.07) is 4.33. The zero-order chi connectivity index (χ0) is 15.2. The molecule has 5 nitrogen and oxygen atoms in total. The Balaban J connectivity index is 2.19. The summed E-state index contributed by atoms with van der Waals surface area (Å²) in [5.74, 6) is 1.80. The second kappa shape index (κ2) is 7.31. The molecule has 0 saturated heterocycles. The van der Waals surface area contributed by atoms with E-state index in [0.717, 1.165) is 29.3 Å². The highest BCUT2D eigenvalue weighted by Crippen LogP contribution is 2.26. The summed E-state index contributed by atoms with van der Waals surface area (Å²) in [5, 5.41) is 17.3. The normalized spacial score (nSPS) is 12.6. The van der Waals surface area contributed by atoms with Crippen molar-refractivity contribution in [3.8, 4) is 11.3 Å². The van der Waals surface area contributed by atoms with Crippen LogP contribution in [0.1, 0.15) is 38.9 Å². The SMILES string of the molecule is CCCCC(C)Nc1cc(-c2ccoc2C)nn1CCO. The summed E-state index contributed by atoms with van der Waals surface area (Å²) >= 11 is 0. The molecule has 2 N–H and O–H groups in total. The van der Waals surface area contributed by atoms with Crippen LogP contribution in [0.2, 0.25) is 0 Å². The van der Waals surface area contributed by atoms with Gasteiger partial charge in [-0.1, -0.05) is 19.8 Å². The number of anilines is 1. The van der Waals surface area contributed by atoms with E-state index in [4.69, 9.17) is 4.42 Å². The van der Waals surface area contributed by atoms with E-state index in [1.807, 2.05) is 23.7 Å². The van der Waals surface area contributed by atoms with Gasteiger partial charge in [-0.25, -0.2) is 4.68 Å². The molecular weight excluding hydrogens is 266 g/mol. The smallest absolute Gasteiger partial charge is 0.125 e. The van der Waals surface area contributed by atoms with Crippen LogP contribution < -0.4 is 5.32 Å². The maximum Gasteiger partial charge on any atom is 0.125 e. The van der Waals surface area contributed by atoms with Gasteiger partial charge in [0.2, 0.25) is 0 Å². The quantitative estimate of drug-likeness (QED) is 0.782. The molecule has 0 radical (unpaired) electrons. The number of rotatable bonds is 8. The molecule has 1 unspecified atom stereocenters. The van der Waals surface area contributed by atoms with Gasteiger partial charge in [0.15, 0.2) is 0 Å². The number of hydrogen-bond acceptors (Lipinski definition) is 4. The number of aliphatic hydroxyl groups is 1. The van der Waals surface area contributed by atoms with Gasteiger partial charge in [-0.2, -0.15) is 5.10 Å². The van der Waals surface area contributed by atoms with Crippen LogP contribution in [0.5, 0.6) is 0 Å². The van der Waals surface area contributed by atoms with Crippen molar-refractivity contribution < 1.29 is 9.52 Å². The van der Waals surface area contributed by atoms with Crippen molar-refractivity contribution in [1.29, 1.82) is 0 Å². The lowest BCUT2D eigenvalue weighted by Gasteiger charge is -2.15. The Morgan fingerprint density at radius 3 is 2.90 bits per heavy atom. The van der Waals surface area contributed by atoms with Crippen LogP contribution in [0, 0.1) is 6.92 Å². The van der Waals surface area contributed by atoms with E-state index in [9.17, 15) is 5.11 Å². The predicted molar refractivity (Wildman–Crippen MR) is 84.4 cm³/mol. The zero-order valence-electron chi connectivity index (χ0n) is 13.1. The molecule has 2 rings (SSSR count). The summed E-state index contributed by atoms with van der Waals surface area (Å²) in [4.78, 5) is 0. The predicted octanol–water partition coefficient (Wildman–Crippen LogP) is 3.43. The van der Waals surface area contributed by atoms with Crippen molar-refractivity contribution in [3.63, 3.8) is 0 Å². The van der Waals surface area contributed by atoms with E-state index in [2.05, 4.69) is 24.3 Å². The van der Waals surface area contributed by atoms with Crippen molar-refractivity contribution in [1.82, 2.24) is 9.78 Å². The number of aliphatic hydroxyl groups excluding tert-OH is 1. The zero-order valence-corrected chi connectivity index (χ0v) is 13.1. The first-order chi connectivity index (χ1) is 10.2. The second-order valence-electron chi connectivity index (χ2n) is 5.44. The minimum absolute atomic E-state index is 0.0729. The lowest BCUT2D eigenvalue weighted by molar-refractivity contribution is 0.270. The molecule has 0 aliphatic carbocycles. The molecule has 2 aromatic rings. The van der Waals surface area contributed by atoms with Crippen LogP contribution >= 0.6 is 0 Å². The van der Waals surface area contributed by atoms with Crippen LogP contribution in [0.25, 0.3) is 11.3 Å². The Labute approximate surface area is 126 Å². The second-order valence-corrected chi connectivity index (χ2v) is 5.44. The average molecular weight is 291 g/mol. The maximum absolute atomic E-state index is 9.21. The van der Waals surface area contributed by atoms with E-state index < -0.39 is 0 Å². The third-order valence-corrected chi connectivity index (χ3v) is 3.61. The molecule has 0 saturated carbocycles. The summed E-state index contributed by atoms with van der Waals surface area (Å²) < 4.78 is 7.17. The van der Waals surface area contributed by atoms with Gasteiger partial charge in [-0.3, -0.25) is 0 Å². The van der Waals surface area contributed by atoms with Crippen molar-refractivity contribution in [2.75, 3.05) is 11.9 Å². The van der Waals surface area contributed by atoms with E-state index in [1.165, 1.54) is 12.8 Å². The summed E-state index contributed by atoms with van der Waals surface area (Å²) in [5.41, 5.74) is 1.87. The van der Waals surface area contributed by atoms with Gasteiger partial charge in [0.05, 0.1) is 25.1 Å². The minimum atomic E-state index is 0.0729. The molecule has 2 aromatic heterocycles. The number of hydrogen-bond donors (Lipinski definition) is 2. The van der Waals surface area contributed by atoms with Crippen molar-refractivity contribution in [3.05, 3.63) is 24.2 Å². The molecule has 21 heavy (non-hydrogen) atoms. The molecule has 0 aliphatic heterocycles. The molecular formula is C16H25N3O2. The molecule has 0 fully saturated rings. The molecule has 116 valence electrons. The van der Waals surface area contributed by atoms with Crippen molar-refractivity contribution >= 4 is 5.82 Å². The number of furan rings is 1. The highest BCUT2D eigenvalue weighted by molar-refractivity contribution is 5.64. The standard InChI is InChI=1S/C16H25N3O2/c1-4-5-6-12(2)17-16-11-15(18-19(16)8-9-20)14-7-10-21-13(14)3/h7,10-12,17,20H,4-6,8-9H2,1-3H3.